The quantitative estimate of drug-likeness (QED) is 0.354. The number of hydrogen-bond acceptors (Lipinski definition) is 4. The highest BCUT2D eigenvalue weighted by atomic mass is 16.5. The van der Waals surface area contributed by atoms with E-state index >= 15 is 0 Å². The van der Waals surface area contributed by atoms with E-state index in [-0.39, 0.29) is 17.5 Å². The highest BCUT2D eigenvalue weighted by molar-refractivity contribution is 6.16. The van der Waals surface area contributed by atoms with Gasteiger partial charge in [0.25, 0.3) is 5.91 Å². The van der Waals surface area contributed by atoms with E-state index in [1.54, 1.807) is 17.9 Å². The summed E-state index contributed by atoms with van der Waals surface area (Å²) in [6, 6.07) is 26.3. The van der Waals surface area contributed by atoms with E-state index < -0.39 is 5.97 Å². The highest BCUT2D eigenvalue weighted by Gasteiger charge is 2.39. The summed E-state index contributed by atoms with van der Waals surface area (Å²) >= 11 is 0. The molecule has 1 atom stereocenters. The molecule has 0 saturated heterocycles. The summed E-state index contributed by atoms with van der Waals surface area (Å²) in [5, 5.41) is 0. The van der Waals surface area contributed by atoms with Crippen LogP contribution in [0.3, 0.4) is 0 Å². The van der Waals surface area contributed by atoms with Crippen molar-refractivity contribution in [2.75, 3.05) is 7.11 Å². The Morgan fingerprint density at radius 2 is 1.55 bits per heavy atom. The number of rotatable bonds is 6. The van der Waals surface area contributed by atoms with Crippen LogP contribution in [0.1, 0.15) is 31.0 Å². The van der Waals surface area contributed by atoms with Gasteiger partial charge in [-0.1, -0.05) is 60.7 Å². The maximum atomic E-state index is 13.5. The first-order chi connectivity index (χ1) is 16.0. The van der Waals surface area contributed by atoms with Crippen molar-refractivity contribution in [1.29, 1.82) is 0 Å². The third-order valence-electron chi connectivity index (χ3n) is 5.65. The molecule has 1 aliphatic rings. The molecular formula is C28H25NO4. The van der Waals surface area contributed by atoms with E-state index in [9.17, 15) is 9.59 Å². The molecule has 33 heavy (non-hydrogen) atoms. The molecule has 1 heterocycles. The average molecular weight is 440 g/mol. The second kappa shape index (κ2) is 9.57. The fourth-order valence-corrected chi connectivity index (χ4v) is 4.00. The first kappa shape index (κ1) is 22.1. The van der Waals surface area contributed by atoms with E-state index in [0.717, 1.165) is 11.1 Å². The maximum absolute atomic E-state index is 13.5. The van der Waals surface area contributed by atoms with Gasteiger partial charge in [-0.25, -0.2) is 4.79 Å². The van der Waals surface area contributed by atoms with Crippen LogP contribution in [0.2, 0.25) is 0 Å². The number of methoxy groups -OCH3 is 1. The van der Waals surface area contributed by atoms with Gasteiger partial charge in [-0.05, 0) is 55.3 Å². The fraction of sp³-hybridized carbons (Fsp3) is 0.143. The molecule has 0 spiro atoms. The summed E-state index contributed by atoms with van der Waals surface area (Å²) in [5.74, 6) is 0.578. The highest BCUT2D eigenvalue weighted by Crippen LogP contribution is 2.37. The zero-order valence-electron chi connectivity index (χ0n) is 18.8. The lowest BCUT2D eigenvalue weighted by atomic mass is 10.0. The maximum Gasteiger partial charge on any atom is 0.340 e. The zero-order valence-corrected chi connectivity index (χ0v) is 18.8. The minimum absolute atomic E-state index is 0.237. The third kappa shape index (κ3) is 4.58. The zero-order chi connectivity index (χ0) is 23.4. The summed E-state index contributed by atoms with van der Waals surface area (Å²) in [4.78, 5) is 27.8. The van der Waals surface area contributed by atoms with E-state index in [0.29, 0.717) is 22.8 Å². The predicted octanol–water partition coefficient (Wildman–Crippen LogP) is 5.91. The van der Waals surface area contributed by atoms with Crippen LogP contribution < -0.4 is 4.74 Å². The van der Waals surface area contributed by atoms with Crippen LogP contribution in [0.4, 0.5) is 0 Å². The number of para-hydroxylation sites is 1. The van der Waals surface area contributed by atoms with Crippen molar-refractivity contribution in [3.05, 3.63) is 113 Å². The molecule has 1 aliphatic heterocycles. The first-order valence-corrected chi connectivity index (χ1v) is 10.7. The number of esters is 1. The lowest BCUT2D eigenvalue weighted by Gasteiger charge is -2.26. The summed E-state index contributed by atoms with van der Waals surface area (Å²) < 4.78 is 10.9. The lowest BCUT2D eigenvalue weighted by Crippen LogP contribution is -2.28. The van der Waals surface area contributed by atoms with Crippen LogP contribution in [0, 0.1) is 0 Å². The number of carbonyl (C=O) groups excluding carboxylic acids is 2. The molecule has 0 radical (unpaired) electrons. The number of nitrogens with zero attached hydrogens (tertiary/aromatic N) is 1. The van der Waals surface area contributed by atoms with Crippen LogP contribution in [0.15, 0.2) is 102 Å². The standard InChI is InChI=1S/C28H25NO4/c1-19(22-12-6-4-7-13-22)29-20(2)26(28(31)32-3)25(27(29)30)18-21-11-10-16-24(17-21)33-23-14-8-5-9-15-23/h4-19H,1-3H3/b25-18-/t19-/m0/s1. The van der Waals surface area contributed by atoms with Crippen molar-refractivity contribution < 1.29 is 19.1 Å². The molecule has 0 aliphatic carbocycles. The number of carbonyl (C=O) groups is 2. The molecule has 166 valence electrons. The molecule has 5 nitrogen and oxygen atoms in total. The lowest BCUT2D eigenvalue weighted by molar-refractivity contribution is -0.136. The molecule has 0 aromatic heterocycles. The van der Waals surface area contributed by atoms with E-state index in [4.69, 9.17) is 9.47 Å². The Kier molecular flexibility index (Phi) is 6.41. The second-order valence-corrected chi connectivity index (χ2v) is 7.76. The van der Waals surface area contributed by atoms with Crippen molar-refractivity contribution >= 4 is 18.0 Å². The number of allylic oxidation sites excluding steroid dienone is 1. The summed E-state index contributed by atoms with van der Waals surface area (Å²) in [7, 11) is 1.32. The summed E-state index contributed by atoms with van der Waals surface area (Å²) in [5.41, 5.74) is 2.88. The number of benzene rings is 3. The molecule has 5 heteroatoms. The predicted molar refractivity (Wildman–Crippen MR) is 127 cm³/mol. The minimum atomic E-state index is -0.536. The molecule has 0 bridgehead atoms. The van der Waals surface area contributed by atoms with Crippen molar-refractivity contribution in [2.24, 2.45) is 0 Å². The van der Waals surface area contributed by atoms with Crippen molar-refractivity contribution in [1.82, 2.24) is 4.90 Å². The van der Waals surface area contributed by atoms with Crippen LogP contribution >= 0.6 is 0 Å². The van der Waals surface area contributed by atoms with Gasteiger partial charge in [-0.3, -0.25) is 4.79 Å². The third-order valence-corrected chi connectivity index (χ3v) is 5.65. The first-order valence-electron chi connectivity index (χ1n) is 10.7. The molecule has 0 saturated carbocycles. The Morgan fingerprint density at radius 3 is 2.21 bits per heavy atom. The fourth-order valence-electron chi connectivity index (χ4n) is 4.00. The minimum Gasteiger partial charge on any atom is -0.465 e. The van der Waals surface area contributed by atoms with Gasteiger partial charge in [0.15, 0.2) is 0 Å². The normalized spacial score (nSPS) is 15.7. The molecule has 4 rings (SSSR count). The SMILES string of the molecule is COC(=O)C1=C(C)N([C@@H](C)c2ccccc2)C(=O)/C1=C\c1cccc(Oc2ccccc2)c1. The van der Waals surface area contributed by atoms with Crippen LogP contribution in [0.5, 0.6) is 11.5 Å². The van der Waals surface area contributed by atoms with Crippen molar-refractivity contribution in [3.8, 4) is 11.5 Å². The largest absolute Gasteiger partial charge is 0.465 e. The van der Waals surface area contributed by atoms with Gasteiger partial charge >= 0.3 is 5.97 Å². The van der Waals surface area contributed by atoms with Gasteiger partial charge in [-0.2, -0.15) is 0 Å². The van der Waals surface area contributed by atoms with Gasteiger partial charge in [0.2, 0.25) is 0 Å². The number of ether oxygens (including phenoxy) is 2. The Morgan fingerprint density at radius 1 is 0.909 bits per heavy atom. The molecule has 0 unspecified atom stereocenters. The van der Waals surface area contributed by atoms with E-state index in [1.165, 1.54) is 7.11 Å². The Labute approximate surface area is 193 Å². The topological polar surface area (TPSA) is 55.8 Å². The van der Waals surface area contributed by atoms with Crippen molar-refractivity contribution in [2.45, 2.75) is 19.9 Å². The van der Waals surface area contributed by atoms with Gasteiger partial charge < -0.3 is 14.4 Å². The Hall–Kier alpha value is -4.12. The second-order valence-electron chi connectivity index (χ2n) is 7.76. The monoisotopic (exact) mass is 439 g/mol. The molecular weight excluding hydrogens is 414 g/mol. The van der Waals surface area contributed by atoms with E-state index in [1.807, 2.05) is 91.9 Å². The van der Waals surface area contributed by atoms with Gasteiger partial charge in [0.1, 0.15) is 11.5 Å². The van der Waals surface area contributed by atoms with Gasteiger partial charge in [0, 0.05) is 5.70 Å². The van der Waals surface area contributed by atoms with Gasteiger partial charge in [-0.15, -0.1) is 0 Å². The number of hydrogen-bond donors (Lipinski definition) is 0. The van der Waals surface area contributed by atoms with Crippen molar-refractivity contribution in [3.63, 3.8) is 0 Å². The average Bonchev–Trinajstić information content (AvgIpc) is 3.08. The van der Waals surface area contributed by atoms with Gasteiger partial charge in [0.05, 0.1) is 24.3 Å². The smallest absolute Gasteiger partial charge is 0.340 e. The van der Waals surface area contributed by atoms with Crippen LogP contribution in [-0.4, -0.2) is 23.9 Å². The molecule has 0 N–H and O–H groups in total. The van der Waals surface area contributed by atoms with Crippen LogP contribution in [0.25, 0.3) is 6.08 Å². The Bertz CT molecular complexity index is 1230. The van der Waals surface area contributed by atoms with E-state index in [2.05, 4.69) is 0 Å². The molecule has 3 aromatic carbocycles. The summed E-state index contributed by atoms with van der Waals surface area (Å²) in [6.45, 7) is 3.72. The molecule has 3 aromatic rings. The summed E-state index contributed by atoms with van der Waals surface area (Å²) in [6.07, 6.45) is 1.72. The Balaban J connectivity index is 1.71. The molecule has 1 amide bonds. The number of amides is 1. The molecule has 0 fully saturated rings. The van der Waals surface area contributed by atoms with Crippen LogP contribution in [-0.2, 0) is 14.3 Å².